The quantitative estimate of drug-likeness (QED) is 0.806. The average Bonchev–Trinajstić information content (AvgIpc) is 2.72. The molecule has 142 valence electrons. The van der Waals surface area contributed by atoms with Crippen molar-refractivity contribution < 1.29 is 14.3 Å². The molecule has 1 saturated heterocycles. The molecule has 1 aromatic heterocycles. The summed E-state index contributed by atoms with van der Waals surface area (Å²) in [5, 5.41) is 0. The molecule has 0 N–H and O–H groups in total. The third-order valence-electron chi connectivity index (χ3n) is 4.59. The minimum absolute atomic E-state index is 0.000341. The zero-order chi connectivity index (χ0) is 19.2. The Morgan fingerprint density at radius 3 is 2.52 bits per heavy atom. The Bertz CT molecular complexity index is 787. The first-order chi connectivity index (χ1) is 13.0. The van der Waals surface area contributed by atoms with E-state index < -0.39 is 0 Å². The van der Waals surface area contributed by atoms with Gasteiger partial charge in [0.2, 0.25) is 0 Å². The molecule has 0 radical (unpaired) electrons. The van der Waals surface area contributed by atoms with Crippen LogP contribution < -0.4 is 4.74 Å². The Balaban J connectivity index is 1.49. The van der Waals surface area contributed by atoms with Crippen molar-refractivity contribution in [2.75, 3.05) is 32.8 Å². The molecule has 0 saturated carbocycles. The lowest BCUT2D eigenvalue weighted by atomic mass is 10.0. The van der Waals surface area contributed by atoms with E-state index >= 15 is 0 Å². The molecule has 0 unspecified atom stereocenters. The normalized spacial score (nSPS) is 14.3. The van der Waals surface area contributed by atoms with Crippen molar-refractivity contribution >= 4 is 11.8 Å². The molecule has 2 amide bonds. The van der Waals surface area contributed by atoms with Crippen LogP contribution in [0, 0.1) is 0 Å². The van der Waals surface area contributed by atoms with Gasteiger partial charge in [-0.2, -0.15) is 0 Å². The summed E-state index contributed by atoms with van der Waals surface area (Å²) < 4.78 is 5.67. The number of carbonyl (C=O) groups excluding carboxylic acids is 2. The highest BCUT2D eigenvalue weighted by Gasteiger charge is 2.25. The average molecular weight is 368 g/mol. The van der Waals surface area contributed by atoms with Gasteiger partial charge in [-0.15, -0.1) is 0 Å². The van der Waals surface area contributed by atoms with E-state index in [1.165, 1.54) is 24.2 Å². The number of hydrogen-bond donors (Lipinski definition) is 0. The smallest absolute Gasteiger partial charge is 0.274 e. The van der Waals surface area contributed by atoms with Crippen LogP contribution in [0.5, 0.6) is 5.75 Å². The number of amides is 2. The second kappa shape index (κ2) is 8.62. The van der Waals surface area contributed by atoms with Crippen molar-refractivity contribution in [3.63, 3.8) is 0 Å². The maximum Gasteiger partial charge on any atom is 0.274 e. The summed E-state index contributed by atoms with van der Waals surface area (Å²) in [7, 11) is 0. The Labute approximate surface area is 159 Å². The van der Waals surface area contributed by atoms with E-state index in [0.717, 1.165) is 0 Å². The van der Waals surface area contributed by atoms with E-state index in [1.807, 2.05) is 24.3 Å². The van der Waals surface area contributed by atoms with E-state index in [9.17, 15) is 9.59 Å². The number of hydrogen-bond acceptors (Lipinski definition) is 5. The summed E-state index contributed by atoms with van der Waals surface area (Å²) in [6.45, 7) is 6.16. The largest absolute Gasteiger partial charge is 0.484 e. The molecule has 1 aliphatic rings. The van der Waals surface area contributed by atoms with Crippen LogP contribution in [-0.2, 0) is 4.79 Å². The number of nitrogens with zero attached hydrogens (tertiary/aromatic N) is 4. The lowest BCUT2D eigenvalue weighted by Crippen LogP contribution is -2.51. The van der Waals surface area contributed by atoms with Crippen molar-refractivity contribution in [1.29, 1.82) is 0 Å². The highest BCUT2D eigenvalue weighted by atomic mass is 16.5. The number of rotatable bonds is 5. The lowest BCUT2D eigenvalue weighted by molar-refractivity contribution is -0.134. The standard InChI is InChI=1S/C20H24N4O3/c1-15(2)16-4-3-5-17(12-16)27-14-19(25)23-8-10-24(11-9-23)20(26)18-13-21-6-7-22-18/h3-7,12-13,15H,8-11,14H2,1-2H3. The zero-order valence-corrected chi connectivity index (χ0v) is 15.7. The number of ether oxygens (including phenoxy) is 1. The number of benzene rings is 1. The van der Waals surface area contributed by atoms with Gasteiger partial charge in [-0.3, -0.25) is 14.6 Å². The fourth-order valence-corrected chi connectivity index (χ4v) is 2.93. The van der Waals surface area contributed by atoms with Gasteiger partial charge in [0.1, 0.15) is 11.4 Å². The van der Waals surface area contributed by atoms with Gasteiger partial charge in [0.05, 0.1) is 6.20 Å². The molecule has 2 aromatic rings. The van der Waals surface area contributed by atoms with Crippen LogP contribution >= 0.6 is 0 Å². The number of aromatic nitrogens is 2. The molecule has 1 fully saturated rings. The molecule has 1 aromatic carbocycles. The van der Waals surface area contributed by atoms with Crippen LogP contribution in [0.15, 0.2) is 42.9 Å². The van der Waals surface area contributed by atoms with Gasteiger partial charge in [-0.1, -0.05) is 26.0 Å². The molecule has 7 nitrogen and oxygen atoms in total. The number of carbonyl (C=O) groups is 2. The molecule has 1 aliphatic heterocycles. The first-order valence-electron chi connectivity index (χ1n) is 9.10. The SMILES string of the molecule is CC(C)c1cccc(OCC(=O)N2CCN(C(=O)c3cnccn3)CC2)c1. The van der Waals surface area contributed by atoms with Crippen molar-refractivity contribution in [3.8, 4) is 5.75 Å². The zero-order valence-electron chi connectivity index (χ0n) is 15.7. The predicted molar refractivity (Wildman–Crippen MR) is 101 cm³/mol. The summed E-state index contributed by atoms with van der Waals surface area (Å²) in [6.07, 6.45) is 4.49. The Morgan fingerprint density at radius 2 is 1.85 bits per heavy atom. The van der Waals surface area contributed by atoms with Gasteiger partial charge in [0.15, 0.2) is 6.61 Å². The molecule has 7 heteroatoms. The maximum atomic E-state index is 12.4. The van der Waals surface area contributed by atoms with E-state index in [1.54, 1.807) is 9.80 Å². The molecule has 2 heterocycles. The van der Waals surface area contributed by atoms with Crippen LogP contribution in [0.25, 0.3) is 0 Å². The molecular formula is C20H24N4O3. The minimum Gasteiger partial charge on any atom is -0.484 e. The van der Waals surface area contributed by atoms with Crippen molar-refractivity contribution in [2.24, 2.45) is 0 Å². The van der Waals surface area contributed by atoms with Crippen molar-refractivity contribution in [2.45, 2.75) is 19.8 Å². The molecule has 27 heavy (non-hydrogen) atoms. The summed E-state index contributed by atoms with van der Waals surface area (Å²) in [5.74, 6) is 0.878. The summed E-state index contributed by atoms with van der Waals surface area (Å²) >= 11 is 0. The summed E-state index contributed by atoms with van der Waals surface area (Å²) in [6, 6.07) is 7.81. The molecule has 0 bridgehead atoms. The lowest BCUT2D eigenvalue weighted by Gasteiger charge is -2.34. The minimum atomic E-state index is -0.156. The monoisotopic (exact) mass is 368 g/mol. The third kappa shape index (κ3) is 4.81. The topological polar surface area (TPSA) is 75.6 Å². The highest BCUT2D eigenvalue weighted by molar-refractivity contribution is 5.92. The van der Waals surface area contributed by atoms with Crippen LogP contribution in [0.3, 0.4) is 0 Å². The van der Waals surface area contributed by atoms with E-state index in [2.05, 4.69) is 23.8 Å². The van der Waals surface area contributed by atoms with Crippen molar-refractivity contribution in [3.05, 3.63) is 54.1 Å². The molecule has 0 aliphatic carbocycles. The highest BCUT2D eigenvalue weighted by Crippen LogP contribution is 2.20. The van der Waals surface area contributed by atoms with Gasteiger partial charge in [-0.25, -0.2) is 4.98 Å². The molecule has 0 atom stereocenters. The van der Waals surface area contributed by atoms with Gasteiger partial charge in [0, 0.05) is 38.6 Å². The Hall–Kier alpha value is -2.96. The van der Waals surface area contributed by atoms with Crippen molar-refractivity contribution in [1.82, 2.24) is 19.8 Å². The summed E-state index contributed by atoms with van der Waals surface area (Å²) in [5.41, 5.74) is 1.50. The Kier molecular flexibility index (Phi) is 6.01. The number of piperazine rings is 1. The fourth-order valence-electron chi connectivity index (χ4n) is 2.93. The van der Waals surface area contributed by atoms with E-state index in [-0.39, 0.29) is 18.4 Å². The predicted octanol–water partition coefficient (Wildman–Crippen LogP) is 1.96. The van der Waals surface area contributed by atoms with Gasteiger partial charge in [0.25, 0.3) is 11.8 Å². The first-order valence-corrected chi connectivity index (χ1v) is 9.10. The van der Waals surface area contributed by atoms with Crippen LogP contribution in [0.1, 0.15) is 35.8 Å². The van der Waals surface area contributed by atoms with Gasteiger partial charge in [-0.05, 0) is 23.6 Å². The van der Waals surface area contributed by atoms with Gasteiger partial charge < -0.3 is 14.5 Å². The Morgan fingerprint density at radius 1 is 1.11 bits per heavy atom. The van der Waals surface area contributed by atoms with Crippen LogP contribution in [0.4, 0.5) is 0 Å². The van der Waals surface area contributed by atoms with Crippen LogP contribution in [0.2, 0.25) is 0 Å². The summed E-state index contributed by atoms with van der Waals surface area (Å²) in [4.78, 5) is 36.2. The van der Waals surface area contributed by atoms with Crippen LogP contribution in [-0.4, -0.2) is 64.4 Å². The molecule has 0 spiro atoms. The first kappa shape index (κ1) is 18.8. The molecule has 3 rings (SSSR count). The fraction of sp³-hybridized carbons (Fsp3) is 0.400. The third-order valence-corrected chi connectivity index (χ3v) is 4.59. The van der Waals surface area contributed by atoms with Gasteiger partial charge >= 0.3 is 0 Å². The second-order valence-electron chi connectivity index (χ2n) is 6.78. The maximum absolute atomic E-state index is 12.4. The van der Waals surface area contributed by atoms with E-state index in [4.69, 9.17) is 4.74 Å². The second-order valence-corrected chi connectivity index (χ2v) is 6.78. The van der Waals surface area contributed by atoms with E-state index in [0.29, 0.717) is 43.5 Å². The molecular weight excluding hydrogens is 344 g/mol.